The molecule has 1 rings (SSSR count). The summed E-state index contributed by atoms with van der Waals surface area (Å²) in [7, 11) is -4.25. The van der Waals surface area contributed by atoms with E-state index in [0.29, 0.717) is 11.7 Å². The molecule has 0 heterocycles. The van der Waals surface area contributed by atoms with Crippen molar-refractivity contribution < 1.29 is 18.1 Å². The van der Waals surface area contributed by atoms with E-state index < -0.39 is 7.82 Å². The second-order valence-electron chi connectivity index (χ2n) is 4.70. The van der Waals surface area contributed by atoms with Gasteiger partial charge < -0.3 is 4.52 Å². The van der Waals surface area contributed by atoms with Gasteiger partial charge >= 0.3 is 7.82 Å². The summed E-state index contributed by atoms with van der Waals surface area (Å²) in [4.78, 5) is 9.29. The highest BCUT2D eigenvalue weighted by atomic mass is 35.5. The maximum atomic E-state index is 11.4. The van der Waals surface area contributed by atoms with Crippen molar-refractivity contribution in [3.63, 3.8) is 0 Å². The van der Waals surface area contributed by atoms with Gasteiger partial charge in [0.15, 0.2) is 0 Å². The third kappa shape index (κ3) is 3.72. The Bertz CT molecular complexity index is 459. The van der Waals surface area contributed by atoms with Gasteiger partial charge in [-0.15, -0.1) is 0 Å². The largest absolute Gasteiger partial charge is 0.544 e. The van der Waals surface area contributed by atoms with Crippen LogP contribution in [0.3, 0.4) is 0 Å². The monoisotopic (exact) mass is 292 g/mol. The molecule has 6 heteroatoms. The van der Waals surface area contributed by atoms with Gasteiger partial charge in [-0.05, 0) is 23.5 Å². The van der Waals surface area contributed by atoms with Crippen LogP contribution in [0.15, 0.2) is 18.2 Å². The summed E-state index contributed by atoms with van der Waals surface area (Å²) in [5.41, 5.74) is 1.98. The number of benzene rings is 1. The van der Waals surface area contributed by atoms with Crippen LogP contribution in [-0.4, -0.2) is 4.89 Å². The van der Waals surface area contributed by atoms with Gasteiger partial charge in [-0.1, -0.05) is 39.8 Å². The molecule has 1 N–H and O–H groups in total. The SMILES string of the molecule is CC(C)c1cccc(OP(=O)(O)OCl)c1C(C)C. The van der Waals surface area contributed by atoms with Gasteiger partial charge in [-0.3, -0.25) is 4.89 Å². The minimum atomic E-state index is -4.25. The molecule has 0 bridgehead atoms. The van der Waals surface area contributed by atoms with Crippen LogP contribution in [0.25, 0.3) is 0 Å². The second kappa shape index (κ2) is 6.07. The van der Waals surface area contributed by atoms with Gasteiger partial charge in [0.1, 0.15) is 5.75 Å². The second-order valence-corrected chi connectivity index (χ2v) is 6.37. The fourth-order valence-electron chi connectivity index (χ4n) is 1.90. The number of hydrogen-bond donors (Lipinski definition) is 1. The predicted molar refractivity (Wildman–Crippen MR) is 72.0 cm³/mol. The molecule has 4 nitrogen and oxygen atoms in total. The van der Waals surface area contributed by atoms with Crippen LogP contribution in [0.4, 0.5) is 0 Å². The van der Waals surface area contributed by atoms with Crippen molar-refractivity contribution in [2.24, 2.45) is 0 Å². The van der Waals surface area contributed by atoms with E-state index >= 15 is 0 Å². The zero-order chi connectivity index (χ0) is 13.9. The molecule has 0 fully saturated rings. The number of rotatable bonds is 5. The zero-order valence-corrected chi connectivity index (χ0v) is 12.5. The van der Waals surface area contributed by atoms with Crippen molar-refractivity contribution in [3.05, 3.63) is 29.3 Å². The Morgan fingerprint density at radius 3 is 2.28 bits per heavy atom. The maximum absolute atomic E-state index is 11.4. The third-order valence-corrected chi connectivity index (χ3v) is 3.73. The fourth-order valence-corrected chi connectivity index (χ4v) is 2.42. The highest BCUT2D eigenvalue weighted by Crippen LogP contribution is 2.48. The lowest BCUT2D eigenvalue weighted by Crippen LogP contribution is -2.03. The summed E-state index contributed by atoms with van der Waals surface area (Å²) in [6.45, 7) is 8.11. The molecule has 0 aliphatic carbocycles. The van der Waals surface area contributed by atoms with E-state index in [-0.39, 0.29) is 5.92 Å². The van der Waals surface area contributed by atoms with E-state index in [1.54, 1.807) is 12.1 Å². The fraction of sp³-hybridized carbons (Fsp3) is 0.500. The molecule has 1 aromatic carbocycles. The first kappa shape index (κ1) is 15.5. The first-order chi connectivity index (χ1) is 8.28. The molecule has 0 aliphatic rings. The average molecular weight is 293 g/mol. The van der Waals surface area contributed by atoms with Crippen molar-refractivity contribution in [1.82, 2.24) is 0 Å². The van der Waals surface area contributed by atoms with Crippen LogP contribution in [-0.2, 0) is 8.64 Å². The average Bonchev–Trinajstić information content (AvgIpc) is 2.27. The first-order valence-electron chi connectivity index (χ1n) is 5.74. The van der Waals surface area contributed by atoms with Crippen molar-refractivity contribution >= 4 is 19.7 Å². The molecule has 1 unspecified atom stereocenters. The molecule has 0 radical (unpaired) electrons. The minimum Gasteiger partial charge on any atom is -0.403 e. The molecule has 1 aromatic rings. The summed E-state index contributed by atoms with van der Waals surface area (Å²) in [6, 6.07) is 5.40. The molecule has 102 valence electrons. The molecule has 0 aliphatic heterocycles. The van der Waals surface area contributed by atoms with Crippen molar-refractivity contribution in [2.75, 3.05) is 0 Å². The molecule has 0 saturated carbocycles. The number of phosphoric acid groups is 1. The van der Waals surface area contributed by atoms with Crippen molar-refractivity contribution in [2.45, 2.75) is 39.5 Å². The van der Waals surface area contributed by atoms with Gasteiger partial charge in [0.2, 0.25) is 0 Å². The van der Waals surface area contributed by atoms with E-state index in [9.17, 15) is 9.46 Å². The van der Waals surface area contributed by atoms with Crippen LogP contribution >= 0.6 is 19.7 Å². The highest BCUT2D eigenvalue weighted by Gasteiger charge is 2.26. The number of halogens is 1. The first-order valence-corrected chi connectivity index (χ1v) is 7.54. The molecular weight excluding hydrogens is 275 g/mol. The quantitative estimate of drug-likeness (QED) is 0.807. The van der Waals surface area contributed by atoms with Crippen LogP contribution < -0.4 is 4.52 Å². The van der Waals surface area contributed by atoms with E-state index in [2.05, 4.69) is 17.9 Å². The van der Waals surface area contributed by atoms with E-state index in [4.69, 9.17) is 16.4 Å². The Morgan fingerprint density at radius 1 is 1.22 bits per heavy atom. The highest BCUT2D eigenvalue weighted by molar-refractivity contribution is 7.48. The molecular formula is C12H18ClO4P. The standard InChI is InChI=1S/C12H18ClO4P/c1-8(2)10-6-5-7-11(12(10)9(3)4)16-18(14,15)17-13/h5-9H,1-4H3,(H,14,15). The maximum Gasteiger partial charge on any atom is 0.544 e. The predicted octanol–water partition coefficient (Wildman–Crippen LogP) is 4.58. The van der Waals surface area contributed by atoms with Gasteiger partial charge in [-0.2, -0.15) is 4.08 Å². The van der Waals surface area contributed by atoms with E-state index in [1.807, 2.05) is 19.9 Å². The normalized spacial score (nSPS) is 14.9. The van der Waals surface area contributed by atoms with E-state index in [1.165, 1.54) is 0 Å². The molecule has 0 amide bonds. The van der Waals surface area contributed by atoms with Crippen molar-refractivity contribution in [1.29, 1.82) is 0 Å². The molecule has 1 atom stereocenters. The lowest BCUT2D eigenvalue weighted by Gasteiger charge is -2.20. The third-order valence-electron chi connectivity index (χ3n) is 2.60. The van der Waals surface area contributed by atoms with Gasteiger partial charge in [0, 0.05) is 5.56 Å². The number of hydrogen-bond acceptors (Lipinski definition) is 3. The van der Waals surface area contributed by atoms with Gasteiger partial charge in [0.25, 0.3) is 0 Å². The molecule has 0 spiro atoms. The van der Waals surface area contributed by atoms with Crippen molar-refractivity contribution in [3.8, 4) is 5.75 Å². The molecule has 18 heavy (non-hydrogen) atoms. The topological polar surface area (TPSA) is 55.8 Å². The smallest absolute Gasteiger partial charge is 0.403 e. The zero-order valence-electron chi connectivity index (χ0n) is 10.9. The Kier molecular flexibility index (Phi) is 5.23. The van der Waals surface area contributed by atoms with Gasteiger partial charge in [0.05, 0.1) is 11.9 Å². The van der Waals surface area contributed by atoms with Crippen LogP contribution in [0.5, 0.6) is 5.75 Å². The van der Waals surface area contributed by atoms with Gasteiger partial charge in [-0.25, -0.2) is 4.57 Å². The van der Waals surface area contributed by atoms with E-state index in [0.717, 1.165) is 11.1 Å². The molecule has 0 aromatic heterocycles. The summed E-state index contributed by atoms with van der Waals surface area (Å²) in [5.74, 6) is 0.789. The van der Waals surface area contributed by atoms with Crippen LogP contribution in [0, 0.1) is 0 Å². The Balaban J connectivity index is 3.27. The summed E-state index contributed by atoms with van der Waals surface area (Å²) in [5, 5.41) is 0. The number of phosphoric ester groups is 1. The Hall–Kier alpha value is -0.540. The Labute approximate surface area is 113 Å². The summed E-state index contributed by atoms with van der Waals surface area (Å²) >= 11 is 4.94. The summed E-state index contributed by atoms with van der Waals surface area (Å²) in [6.07, 6.45) is 0. The lowest BCUT2D eigenvalue weighted by atomic mass is 9.90. The molecule has 0 saturated heterocycles. The van der Waals surface area contributed by atoms with Crippen LogP contribution in [0.2, 0.25) is 0 Å². The Morgan fingerprint density at radius 2 is 1.83 bits per heavy atom. The lowest BCUT2D eigenvalue weighted by molar-refractivity contribution is 0.299. The summed E-state index contributed by atoms with van der Waals surface area (Å²) < 4.78 is 20.3. The van der Waals surface area contributed by atoms with Crippen LogP contribution in [0.1, 0.15) is 50.7 Å². The minimum absolute atomic E-state index is 0.161.